The first-order chi connectivity index (χ1) is 8.20. The van der Waals surface area contributed by atoms with Gasteiger partial charge in [-0.25, -0.2) is 0 Å². The van der Waals surface area contributed by atoms with Crippen molar-refractivity contribution in [2.24, 2.45) is 0 Å². The minimum atomic E-state index is 0.182. The first-order valence-corrected chi connectivity index (χ1v) is 6.85. The first kappa shape index (κ1) is 12.9. The highest BCUT2D eigenvalue weighted by Crippen LogP contribution is 2.23. The molecule has 94 valence electrons. The molecule has 1 aliphatic heterocycles. The molecular weight excluding hydrogens is 280 g/mol. The van der Waals surface area contributed by atoms with Crippen LogP contribution in [0.5, 0.6) is 0 Å². The van der Waals surface area contributed by atoms with E-state index in [2.05, 4.69) is 51.3 Å². The second kappa shape index (κ2) is 5.85. The zero-order chi connectivity index (χ0) is 12.3. The van der Waals surface area contributed by atoms with Crippen LogP contribution >= 0.6 is 15.9 Å². The van der Waals surface area contributed by atoms with Crippen LogP contribution in [0, 0.1) is 6.92 Å². The molecule has 1 fully saturated rings. The molecule has 1 aromatic rings. The van der Waals surface area contributed by atoms with Gasteiger partial charge in [-0.15, -0.1) is 0 Å². The van der Waals surface area contributed by atoms with Crippen molar-refractivity contribution in [3.63, 3.8) is 0 Å². The largest absolute Gasteiger partial charge is 0.395 e. The van der Waals surface area contributed by atoms with Gasteiger partial charge >= 0.3 is 0 Å². The predicted molar refractivity (Wildman–Crippen MR) is 74.6 cm³/mol. The highest BCUT2D eigenvalue weighted by molar-refractivity contribution is 9.10. The average molecular weight is 299 g/mol. The number of hydrogen-bond donors (Lipinski definition) is 2. The number of benzene rings is 1. The van der Waals surface area contributed by atoms with Crippen LogP contribution in [0.1, 0.15) is 12.0 Å². The van der Waals surface area contributed by atoms with E-state index in [1.165, 1.54) is 11.3 Å². The summed E-state index contributed by atoms with van der Waals surface area (Å²) in [5, 5.41) is 12.6. The van der Waals surface area contributed by atoms with Gasteiger partial charge in [0.1, 0.15) is 0 Å². The minimum Gasteiger partial charge on any atom is -0.395 e. The number of nitrogens with one attached hydrogen (secondary N) is 1. The molecule has 2 rings (SSSR count). The highest BCUT2D eigenvalue weighted by atomic mass is 79.9. The smallest absolute Gasteiger partial charge is 0.0601 e. The normalized spacial score (nSPS) is 21.4. The van der Waals surface area contributed by atoms with Gasteiger partial charge in [-0.1, -0.05) is 15.9 Å². The van der Waals surface area contributed by atoms with Gasteiger partial charge in [-0.05, 0) is 43.7 Å². The summed E-state index contributed by atoms with van der Waals surface area (Å²) < 4.78 is 1.15. The molecule has 1 aliphatic rings. The molecule has 0 aromatic heterocycles. The van der Waals surface area contributed by atoms with E-state index >= 15 is 0 Å². The zero-order valence-electron chi connectivity index (χ0n) is 10.1. The molecule has 1 heterocycles. The van der Waals surface area contributed by atoms with Gasteiger partial charge in [-0.3, -0.25) is 0 Å². The van der Waals surface area contributed by atoms with Gasteiger partial charge in [0, 0.05) is 29.3 Å². The third-order valence-corrected chi connectivity index (χ3v) is 4.10. The van der Waals surface area contributed by atoms with Gasteiger partial charge in [0.25, 0.3) is 0 Å². The quantitative estimate of drug-likeness (QED) is 0.876. The Morgan fingerprint density at radius 2 is 2.35 bits per heavy atom. The Kier molecular flexibility index (Phi) is 4.42. The van der Waals surface area contributed by atoms with Gasteiger partial charge in [0.15, 0.2) is 0 Å². The van der Waals surface area contributed by atoms with Crippen molar-refractivity contribution in [1.82, 2.24) is 5.32 Å². The Labute approximate surface area is 111 Å². The van der Waals surface area contributed by atoms with E-state index < -0.39 is 0 Å². The molecule has 4 heteroatoms. The number of aryl methyl sites for hydroxylation is 1. The topological polar surface area (TPSA) is 35.5 Å². The van der Waals surface area contributed by atoms with E-state index in [0.717, 1.165) is 30.5 Å². The summed E-state index contributed by atoms with van der Waals surface area (Å²) in [4.78, 5) is 2.35. The van der Waals surface area contributed by atoms with Crippen LogP contribution in [0.3, 0.4) is 0 Å². The molecule has 1 saturated heterocycles. The maximum absolute atomic E-state index is 9.28. The van der Waals surface area contributed by atoms with Crippen molar-refractivity contribution in [2.75, 3.05) is 31.1 Å². The number of halogens is 1. The molecule has 0 aliphatic carbocycles. The summed E-state index contributed by atoms with van der Waals surface area (Å²) >= 11 is 3.52. The Bertz CT molecular complexity index is 384. The van der Waals surface area contributed by atoms with Crippen molar-refractivity contribution in [3.8, 4) is 0 Å². The maximum atomic E-state index is 9.28. The number of nitrogens with zero attached hydrogens (tertiary/aromatic N) is 1. The van der Waals surface area contributed by atoms with Gasteiger partial charge < -0.3 is 15.3 Å². The molecule has 1 unspecified atom stereocenters. The lowest BCUT2D eigenvalue weighted by Gasteiger charge is -2.26. The Morgan fingerprint density at radius 3 is 3.06 bits per heavy atom. The Balaban J connectivity index is 2.16. The molecule has 0 spiro atoms. The Morgan fingerprint density at radius 1 is 1.53 bits per heavy atom. The monoisotopic (exact) mass is 298 g/mol. The lowest BCUT2D eigenvalue weighted by molar-refractivity contribution is 0.248. The summed E-state index contributed by atoms with van der Waals surface area (Å²) in [5.41, 5.74) is 2.49. The van der Waals surface area contributed by atoms with Crippen LogP contribution in [0.25, 0.3) is 0 Å². The summed E-state index contributed by atoms with van der Waals surface area (Å²) in [6, 6.07) is 6.61. The average Bonchev–Trinajstić information content (AvgIpc) is 2.58. The van der Waals surface area contributed by atoms with Crippen LogP contribution in [0.15, 0.2) is 22.7 Å². The van der Waals surface area contributed by atoms with Gasteiger partial charge in [0.05, 0.1) is 6.61 Å². The summed E-state index contributed by atoms with van der Waals surface area (Å²) in [6.45, 7) is 5.21. The minimum absolute atomic E-state index is 0.182. The number of anilines is 1. The van der Waals surface area contributed by atoms with Crippen molar-refractivity contribution >= 4 is 21.6 Å². The molecular formula is C13H19BrN2O. The number of aliphatic hydroxyl groups excluding tert-OH is 1. The van der Waals surface area contributed by atoms with Crippen LogP contribution in [0.4, 0.5) is 5.69 Å². The molecule has 0 bridgehead atoms. The number of aliphatic hydroxyl groups is 1. The molecule has 17 heavy (non-hydrogen) atoms. The molecule has 2 N–H and O–H groups in total. The van der Waals surface area contributed by atoms with Crippen LogP contribution in [-0.4, -0.2) is 37.4 Å². The van der Waals surface area contributed by atoms with Crippen molar-refractivity contribution in [2.45, 2.75) is 19.4 Å². The molecule has 0 radical (unpaired) electrons. The summed E-state index contributed by atoms with van der Waals surface area (Å²) in [5.74, 6) is 0. The van der Waals surface area contributed by atoms with E-state index in [0.29, 0.717) is 0 Å². The van der Waals surface area contributed by atoms with Gasteiger partial charge in [-0.2, -0.15) is 0 Å². The van der Waals surface area contributed by atoms with Crippen molar-refractivity contribution in [3.05, 3.63) is 28.2 Å². The van der Waals surface area contributed by atoms with E-state index in [4.69, 9.17) is 0 Å². The zero-order valence-corrected chi connectivity index (χ0v) is 11.7. The van der Waals surface area contributed by atoms with Crippen LogP contribution < -0.4 is 10.2 Å². The fraction of sp³-hybridized carbons (Fsp3) is 0.538. The van der Waals surface area contributed by atoms with Crippen LogP contribution in [0.2, 0.25) is 0 Å². The number of rotatable bonds is 2. The summed E-state index contributed by atoms with van der Waals surface area (Å²) in [7, 11) is 0. The standard InChI is InChI=1S/C13H19BrN2O/c1-10-7-12(3-4-13(10)14)16-6-2-5-15-11(8-16)9-17/h3-4,7,11,15,17H,2,5-6,8-9H2,1H3. The predicted octanol–water partition coefficient (Wildman–Crippen LogP) is 1.92. The first-order valence-electron chi connectivity index (χ1n) is 6.06. The Hall–Kier alpha value is -0.580. The maximum Gasteiger partial charge on any atom is 0.0601 e. The van der Waals surface area contributed by atoms with Crippen molar-refractivity contribution in [1.29, 1.82) is 0 Å². The molecule has 0 amide bonds. The molecule has 0 saturated carbocycles. The van der Waals surface area contributed by atoms with Crippen LogP contribution in [-0.2, 0) is 0 Å². The van der Waals surface area contributed by atoms with E-state index in [1.807, 2.05) is 0 Å². The van der Waals surface area contributed by atoms with E-state index in [1.54, 1.807) is 0 Å². The van der Waals surface area contributed by atoms with Crippen molar-refractivity contribution < 1.29 is 5.11 Å². The SMILES string of the molecule is Cc1cc(N2CCCNC(CO)C2)ccc1Br. The lowest BCUT2D eigenvalue weighted by Crippen LogP contribution is -2.40. The van der Waals surface area contributed by atoms with E-state index in [9.17, 15) is 5.11 Å². The molecule has 3 nitrogen and oxygen atoms in total. The fourth-order valence-corrected chi connectivity index (χ4v) is 2.43. The fourth-order valence-electron chi connectivity index (χ4n) is 2.18. The number of hydrogen-bond acceptors (Lipinski definition) is 3. The molecule has 1 aromatic carbocycles. The van der Waals surface area contributed by atoms with E-state index in [-0.39, 0.29) is 12.6 Å². The second-order valence-electron chi connectivity index (χ2n) is 4.57. The third-order valence-electron chi connectivity index (χ3n) is 3.21. The summed E-state index contributed by atoms with van der Waals surface area (Å²) in [6.07, 6.45) is 1.12. The highest BCUT2D eigenvalue weighted by Gasteiger charge is 2.17. The third kappa shape index (κ3) is 3.21. The van der Waals surface area contributed by atoms with Gasteiger partial charge in [0.2, 0.25) is 0 Å². The second-order valence-corrected chi connectivity index (χ2v) is 5.42. The lowest BCUT2D eigenvalue weighted by atomic mass is 10.2. The molecule has 1 atom stereocenters.